The molecule has 0 aliphatic heterocycles. The fourth-order valence-corrected chi connectivity index (χ4v) is 3.99. The van der Waals surface area contributed by atoms with Crippen molar-refractivity contribution in [1.29, 1.82) is 0 Å². The van der Waals surface area contributed by atoms with Crippen LogP contribution in [0.15, 0.2) is 42.8 Å². The van der Waals surface area contributed by atoms with Gasteiger partial charge in [0.1, 0.15) is 5.75 Å². The van der Waals surface area contributed by atoms with Crippen molar-refractivity contribution in [3.05, 3.63) is 48.3 Å². The number of carbonyl (C=O) groups excluding carboxylic acids is 1. The van der Waals surface area contributed by atoms with Crippen LogP contribution >= 0.6 is 59.4 Å². The van der Waals surface area contributed by atoms with Gasteiger partial charge in [0.15, 0.2) is 18.1 Å². The molecule has 6 nitrogen and oxygen atoms in total. The van der Waals surface area contributed by atoms with E-state index in [1.807, 2.05) is 0 Å². The van der Waals surface area contributed by atoms with Crippen molar-refractivity contribution in [2.24, 2.45) is 5.10 Å². The van der Waals surface area contributed by atoms with E-state index in [2.05, 4.69) is 58.3 Å². The Balaban J connectivity index is 1.98. The van der Waals surface area contributed by atoms with Gasteiger partial charge in [0.2, 0.25) is 0 Å². The fraction of sp³-hybridized carbons (Fsp3) is 0.125. The number of phenols is 1. The number of methoxy groups -OCH3 is 1. The largest absolute Gasteiger partial charge is 0.506 e. The number of amides is 1. The summed E-state index contributed by atoms with van der Waals surface area (Å²) in [4.78, 5) is 11.9. The van der Waals surface area contributed by atoms with E-state index in [4.69, 9.17) is 21.1 Å². The third-order valence-corrected chi connectivity index (χ3v) is 4.86. The average Bonchev–Trinajstić information content (AvgIpc) is 2.57. The average molecular weight is 571 g/mol. The summed E-state index contributed by atoms with van der Waals surface area (Å²) in [6.07, 6.45) is 1.28. The van der Waals surface area contributed by atoms with Crippen LogP contribution in [0.25, 0.3) is 0 Å². The highest BCUT2D eigenvalue weighted by Gasteiger charge is 2.13. The zero-order valence-corrected chi connectivity index (χ0v) is 18.7. The molecule has 0 aromatic heterocycles. The number of hydrogen-bond acceptors (Lipinski definition) is 5. The topological polar surface area (TPSA) is 80.2 Å². The summed E-state index contributed by atoms with van der Waals surface area (Å²) in [5.41, 5.74) is 2.66. The zero-order chi connectivity index (χ0) is 19.3. The summed E-state index contributed by atoms with van der Waals surface area (Å²) in [5, 5.41) is 14.1. The molecule has 2 aromatic rings. The van der Waals surface area contributed by atoms with E-state index in [-0.39, 0.29) is 12.4 Å². The number of rotatable bonds is 6. The lowest BCUT2D eigenvalue weighted by atomic mass is 10.2. The first-order valence-electron chi connectivity index (χ1n) is 6.97. The molecule has 0 atom stereocenters. The van der Waals surface area contributed by atoms with Gasteiger partial charge in [-0.3, -0.25) is 4.79 Å². The monoisotopic (exact) mass is 568 g/mol. The molecule has 0 saturated heterocycles. The molecule has 0 aliphatic carbocycles. The third-order valence-electron chi connectivity index (χ3n) is 2.99. The highest BCUT2D eigenvalue weighted by Crippen LogP contribution is 2.38. The smallest absolute Gasteiger partial charge is 0.277 e. The molecule has 0 saturated carbocycles. The Bertz CT molecular complexity index is 862. The quantitative estimate of drug-likeness (QED) is 0.383. The summed E-state index contributed by atoms with van der Waals surface area (Å²) < 4.78 is 12.6. The van der Waals surface area contributed by atoms with Crippen LogP contribution in [0.3, 0.4) is 0 Å². The molecule has 0 spiro atoms. The van der Waals surface area contributed by atoms with Crippen molar-refractivity contribution in [2.75, 3.05) is 13.7 Å². The van der Waals surface area contributed by atoms with E-state index in [0.717, 1.165) is 4.47 Å². The minimum absolute atomic E-state index is 0.0350. The molecule has 0 heterocycles. The standard InChI is InChI=1S/C16H12Br3ClN2O4/c1-25-13-4-9(17)3-12(19)16(13)26-7-14(23)22-21-6-8-2-10(20)5-11(18)15(8)24/h2-6,24H,7H2,1H3,(H,22,23)/b21-6+. The zero-order valence-electron chi connectivity index (χ0n) is 13.2. The molecule has 0 aliphatic rings. The van der Waals surface area contributed by atoms with Gasteiger partial charge in [0, 0.05) is 15.1 Å². The van der Waals surface area contributed by atoms with Gasteiger partial charge in [-0.1, -0.05) is 27.5 Å². The number of benzene rings is 2. The molecular weight excluding hydrogens is 559 g/mol. The van der Waals surface area contributed by atoms with Gasteiger partial charge >= 0.3 is 0 Å². The Morgan fingerprint density at radius 2 is 2.00 bits per heavy atom. The number of carbonyl (C=O) groups is 1. The van der Waals surface area contributed by atoms with Gasteiger partial charge in [-0.2, -0.15) is 5.10 Å². The Morgan fingerprint density at radius 3 is 2.69 bits per heavy atom. The molecule has 2 rings (SSSR count). The van der Waals surface area contributed by atoms with E-state index >= 15 is 0 Å². The molecule has 0 fully saturated rings. The first-order valence-corrected chi connectivity index (χ1v) is 9.73. The van der Waals surface area contributed by atoms with Crippen molar-refractivity contribution in [3.63, 3.8) is 0 Å². The number of hydrazone groups is 1. The molecule has 0 bridgehead atoms. The second kappa shape index (κ2) is 9.59. The third kappa shape index (κ3) is 5.60. The van der Waals surface area contributed by atoms with Crippen molar-refractivity contribution in [3.8, 4) is 17.2 Å². The van der Waals surface area contributed by atoms with Crippen LogP contribution in [0.5, 0.6) is 17.2 Å². The van der Waals surface area contributed by atoms with Crippen molar-refractivity contribution < 1.29 is 19.4 Å². The molecule has 138 valence electrons. The normalized spacial score (nSPS) is 10.8. The van der Waals surface area contributed by atoms with Crippen molar-refractivity contribution in [1.82, 2.24) is 5.43 Å². The number of nitrogens with one attached hydrogen (secondary N) is 1. The van der Waals surface area contributed by atoms with E-state index in [9.17, 15) is 9.90 Å². The van der Waals surface area contributed by atoms with Gasteiger partial charge in [0.25, 0.3) is 5.91 Å². The van der Waals surface area contributed by atoms with Gasteiger partial charge in [-0.25, -0.2) is 5.43 Å². The van der Waals surface area contributed by atoms with Crippen LogP contribution in [0.2, 0.25) is 5.02 Å². The van der Waals surface area contributed by atoms with Gasteiger partial charge in [-0.15, -0.1) is 0 Å². The maximum atomic E-state index is 11.9. The van der Waals surface area contributed by atoms with Gasteiger partial charge in [-0.05, 0) is 56.1 Å². The van der Waals surface area contributed by atoms with E-state index in [1.54, 1.807) is 18.2 Å². The van der Waals surface area contributed by atoms with Crippen LogP contribution in [-0.2, 0) is 4.79 Å². The Kier molecular flexibility index (Phi) is 7.75. The summed E-state index contributed by atoms with van der Waals surface area (Å²) in [7, 11) is 1.50. The van der Waals surface area contributed by atoms with Crippen LogP contribution < -0.4 is 14.9 Å². The molecular formula is C16H12Br3ClN2O4. The van der Waals surface area contributed by atoms with Crippen LogP contribution in [-0.4, -0.2) is 30.9 Å². The summed E-state index contributed by atoms with van der Waals surface area (Å²) in [6.45, 7) is -0.279. The second-order valence-electron chi connectivity index (χ2n) is 4.83. The fourth-order valence-electron chi connectivity index (χ4n) is 1.86. The number of nitrogens with zero attached hydrogens (tertiary/aromatic N) is 1. The first-order chi connectivity index (χ1) is 12.3. The summed E-state index contributed by atoms with van der Waals surface area (Å²) in [5.74, 6) is 0.341. The molecule has 0 unspecified atom stereocenters. The Labute approximate surface area is 179 Å². The minimum atomic E-state index is -0.487. The maximum absolute atomic E-state index is 11.9. The number of phenolic OH excluding ortho intramolecular Hbond substituents is 1. The van der Waals surface area contributed by atoms with E-state index < -0.39 is 5.91 Å². The Morgan fingerprint density at radius 1 is 1.27 bits per heavy atom. The number of hydrogen-bond donors (Lipinski definition) is 2. The highest BCUT2D eigenvalue weighted by atomic mass is 79.9. The predicted molar refractivity (Wildman–Crippen MR) is 110 cm³/mol. The van der Waals surface area contributed by atoms with Crippen molar-refractivity contribution in [2.45, 2.75) is 0 Å². The van der Waals surface area contributed by atoms with Crippen LogP contribution in [0.1, 0.15) is 5.56 Å². The lowest BCUT2D eigenvalue weighted by Gasteiger charge is -2.12. The summed E-state index contributed by atoms with van der Waals surface area (Å²) in [6, 6.07) is 6.55. The Hall–Kier alpha value is -1.29. The number of ether oxygens (including phenoxy) is 2. The molecule has 2 N–H and O–H groups in total. The molecule has 10 heteroatoms. The molecule has 1 amide bonds. The van der Waals surface area contributed by atoms with Gasteiger partial charge < -0.3 is 14.6 Å². The number of aromatic hydroxyl groups is 1. The SMILES string of the molecule is COc1cc(Br)cc(Br)c1OCC(=O)N/N=C/c1cc(Cl)cc(Br)c1O. The summed E-state index contributed by atoms with van der Waals surface area (Å²) >= 11 is 15.8. The van der Waals surface area contributed by atoms with E-state index in [0.29, 0.717) is 31.0 Å². The maximum Gasteiger partial charge on any atom is 0.277 e. The van der Waals surface area contributed by atoms with Gasteiger partial charge in [0.05, 0.1) is 22.3 Å². The lowest BCUT2D eigenvalue weighted by Crippen LogP contribution is -2.24. The lowest BCUT2D eigenvalue weighted by molar-refractivity contribution is -0.123. The first kappa shape index (κ1) is 21.0. The molecule has 26 heavy (non-hydrogen) atoms. The predicted octanol–water partition coefficient (Wildman–Crippen LogP) is 4.87. The van der Waals surface area contributed by atoms with E-state index in [1.165, 1.54) is 19.4 Å². The van der Waals surface area contributed by atoms with Crippen molar-refractivity contribution >= 4 is 71.5 Å². The van der Waals surface area contributed by atoms with Crippen LogP contribution in [0.4, 0.5) is 0 Å². The molecule has 2 aromatic carbocycles. The second-order valence-corrected chi connectivity index (χ2v) is 7.89. The minimum Gasteiger partial charge on any atom is -0.506 e. The number of halogens is 4. The highest BCUT2D eigenvalue weighted by molar-refractivity contribution is 9.11. The molecule has 0 radical (unpaired) electrons. The van der Waals surface area contributed by atoms with Crippen LogP contribution in [0, 0.1) is 0 Å².